The third-order valence-corrected chi connectivity index (χ3v) is 11.6. The molecule has 2 N–H and O–H groups in total. The van der Waals surface area contributed by atoms with E-state index in [0.717, 1.165) is 0 Å². The number of sulfonamides is 2. The van der Waals surface area contributed by atoms with Crippen molar-refractivity contribution in [2.24, 2.45) is 0 Å². The molecular weight excluding hydrogens is 659 g/mol. The Hall–Kier alpha value is -2.71. The molecule has 0 aliphatic carbocycles. The lowest BCUT2D eigenvalue weighted by molar-refractivity contribution is 0.101. The zero-order valence-electron chi connectivity index (χ0n) is 23.8. The Labute approximate surface area is 267 Å². The molecule has 0 fully saturated rings. The predicted octanol–water partition coefficient (Wildman–Crippen LogP) is 6.21. The topological polar surface area (TPSA) is 133 Å². The first kappa shape index (κ1) is 34.8. The third-order valence-electron chi connectivity index (χ3n) is 6.53. The van der Waals surface area contributed by atoms with Crippen molar-refractivity contribution in [2.45, 2.75) is 37.5 Å². The number of carbonyl (C=O) groups excluding carboxylic acids is 2. The van der Waals surface area contributed by atoms with Gasteiger partial charge in [-0.15, -0.1) is 0 Å². The summed E-state index contributed by atoms with van der Waals surface area (Å²) in [6.07, 6.45) is 0. The molecule has 0 atom stereocenters. The molecule has 232 valence electrons. The Kier molecular flexibility index (Phi) is 11.6. The number of nitrogens with one attached hydrogen (secondary N) is 2. The molecule has 0 aromatic heterocycles. The highest BCUT2D eigenvalue weighted by Crippen LogP contribution is 2.30. The summed E-state index contributed by atoms with van der Waals surface area (Å²) in [6.45, 7) is 7.89. The highest BCUT2D eigenvalue weighted by atomic mass is 35.5. The molecule has 0 aliphatic rings. The molecule has 3 aromatic rings. The van der Waals surface area contributed by atoms with E-state index in [2.05, 4.69) is 10.6 Å². The quantitative estimate of drug-likeness (QED) is 0.232. The summed E-state index contributed by atoms with van der Waals surface area (Å²) >= 11 is 18.8. The number of amides is 2. The zero-order chi connectivity index (χ0) is 32.1. The number of hydrogen-bond acceptors (Lipinski definition) is 6. The van der Waals surface area contributed by atoms with Gasteiger partial charge in [-0.25, -0.2) is 16.8 Å². The van der Waals surface area contributed by atoms with Crippen molar-refractivity contribution in [3.63, 3.8) is 0 Å². The minimum atomic E-state index is -3.83. The van der Waals surface area contributed by atoms with E-state index in [1.54, 1.807) is 27.7 Å². The largest absolute Gasteiger partial charge is 0.322 e. The molecule has 43 heavy (non-hydrogen) atoms. The van der Waals surface area contributed by atoms with Crippen molar-refractivity contribution >= 4 is 78.0 Å². The average Bonchev–Trinajstić information content (AvgIpc) is 2.95. The van der Waals surface area contributed by atoms with Crippen molar-refractivity contribution in [1.82, 2.24) is 8.61 Å². The molecule has 0 spiro atoms. The second-order valence-electron chi connectivity index (χ2n) is 9.06. The van der Waals surface area contributed by atoms with Crippen LogP contribution in [0.3, 0.4) is 0 Å². The van der Waals surface area contributed by atoms with Crippen LogP contribution in [0.2, 0.25) is 15.1 Å². The van der Waals surface area contributed by atoms with Gasteiger partial charge in [0.05, 0.1) is 41.7 Å². The van der Waals surface area contributed by atoms with Gasteiger partial charge in [0.15, 0.2) is 0 Å². The second kappa shape index (κ2) is 14.4. The van der Waals surface area contributed by atoms with Gasteiger partial charge in [-0.1, -0.05) is 62.5 Å². The van der Waals surface area contributed by atoms with Gasteiger partial charge < -0.3 is 10.6 Å². The maximum Gasteiger partial charge on any atom is 0.257 e. The minimum Gasteiger partial charge on any atom is -0.322 e. The van der Waals surface area contributed by atoms with Crippen LogP contribution in [-0.4, -0.2) is 63.4 Å². The van der Waals surface area contributed by atoms with Crippen LogP contribution in [0.15, 0.2) is 64.4 Å². The van der Waals surface area contributed by atoms with E-state index in [-0.39, 0.29) is 73.5 Å². The molecule has 0 saturated heterocycles. The average molecular weight is 690 g/mol. The molecule has 0 bridgehead atoms. The number of nitrogens with zero attached hydrogens (tertiary/aromatic N) is 2. The Bertz CT molecular complexity index is 1740. The fraction of sp³-hybridized carbons (Fsp3) is 0.286. The van der Waals surface area contributed by atoms with Crippen LogP contribution in [0.4, 0.5) is 11.4 Å². The minimum absolute atomic E-state index is 0.0399. The van der Waals surface area contributed by atoms with E-state index in [9.17, 15) is 26.4 Å². The molecule has 15 heteroatoms. The summed E-state index contributed by atoms with van der Waals surface area (Å²) in [7, 11) is -7.66. The number of anilines is 2. The number of carbonyl (C=O) groups is 2. The summed E-state index contributed by atoms with van der Waals surface area (Å²) < 4.78 is 54.2. The van der Waals surface area contributed by atoms with Gasteiger partial charge >= 0.3 is 0 Å². The van der Waals surface area contributed by atoms with Gasteiger partial charge in [-0.3, -0.25) is 9.59 Å². The Morgan fingerprint density at radius 2 is 1.02 bits per heavy atom. The van der Waals surface area contributed by atoms with Gasteiger partial charge in [0, 0.05) is 31.9 Å². The molecule has 0 saturated carbocycles. The molecule has 3 aromatic carbocycles. The van der Waals surface area contributed by atoms with Crippen LogP contribution in [0.1, 0.15) is 48.4 Å². The molecule has 2 amide bonds. The molecule has 0 radical (unpaired) electrons. The van der Waals surface area contributed by atoms with Gasteiger partial charge in [-0.05, 0) is 54.6 Å². The van der Waals surface area contributed by atoms with Crippen LogP contribution < -0.4 is 10.6 Å². The highest BCUT2D eigenvalue weighted by Gasteiger charge is 2.25. The lowest BCUT2D eigenvalue weighted by Crippen LogP contribution is -2.30. The fourth-order valence-electron chi connectivity index (χ4n) is 4.19. The van der Waals surface area contributed by atoms with Crippen molar-refractivity contribution in [3.8, 4) is 0 Å². The lowest BCUT2D eigenvalue weighted by atomic mass is 10.2. The first-order valence-electron chi connectivity index (χ1n) is 13.2. The maximum atomic E-state index is 13.1. The zero-order valence-corrected chi connectivity index (χ0v) is 27.7. The van der Waals surface area contributed by atoms with Crippen LogP contribution in [-0.2, 0) is 20.0 Å². The van der Waals surface area contributed by atoms with Gasteiger partial charge in [-0.2, -0.15) is 8.61 Å². The van der Waals surface area contributed by atoms with Crippen molar-refractivity contribution in [1.29, 1.82) is 0 Å². The highest BCUT2D eigenvalue weighted by molar-refractivity contribution is 7.89. The van der Waals surface area contributed by atoms with E-state index in [1.165, 1.54) is 63.2 Å². The standard InChI is InChI=1S/C28H31Cl3N4O6S2/c1-5-34(6-2)42(38,39)19-10-12-23(29)21(16-19)27(36)32-18-9-14-26(25(31)15-18)33-28(37)22-17-20(11-13-24(22)30)43(40,41)35(7-3)8-4/h9-17H,5-8H2,1-4H3,(H,32,36)(H,33,37). The Morgan fingerprint density at radius 1 is 0.605 bits per heavy atom. The number of hydrogen-bond donors (Lipinski definition) is 2. The van der Waals surface area contributed by atoms with E-state index in [4.69, 9.17) is 34.8 Å². The number of rotatable bonds is 12. The van der Waals surface area contributed by atoms with Crippen molar-refractivity contribution < 1.29 is 26.4 Å². The van der Waals surface area contributed by atoms with E-state index < -0.39 is 31.9 Å². The van der Waals surface area contributed by atoms with Gasteiger partial charge in [0.2, 0.25) is 20.0 Å². The molecule has 0 aliphatic heterocycles. The monoisotopic (exact) mass is 688 g/mol. The summed E-state index contributed by atoms with van der Waals surface area (Å²) in [5.74, 6) is -1.37. The predicted molar refractivity (Wildman–Crippen MR) is 170 cm³/mol. The van der Waals surface area contributed by atoms with Gasteiger partial charge in [0.1, 0.15) is 0 Å². The third kappa shape index (κ3) is 7.69. The molecule has 3 rings (SSSR count). The van der Waals surface area contributed by atoms with Crippen molar-refractivity contribution in [3.05, 3.63) is 80.8 Å². The first-order chi connectivity index (χ1) is 20.2. The molecular formula is C28H31Cl3N4O6S2. The molecule has 0 heterocycles. The number of halogens is 3. The molecule has 10 nitrogen and oxygen atoms in total. The summed E-state index contributed by atoms with van der Waals surface area (Å²) in [5, 5.41) is 5.37. The summed E-state index contributed by atoms with van der Waals surface area (Å²) in [4.78, 5) is 25.9. The lowest BCUT2D eigenvalue weighted by Gasteiger charge is -2.19. The van der Waals surface area contributed by atoms with Crippen molar-refractivity contribution in [2.75, 3.05) is 36.8 Å². The Balaban J connectivity index is 1.83. The molecule has 0 unspecified atom stereocenters. The fourth-order valence-corrected chi connectivity index (χ4v) is 7.79. The maximum absolute atomic E-state index is 13.1. The van der Waals surface area contributed by atoms with Crippen LogP contribution >= 0.6 is 34.8 Å². The SMILES string of the molecule is CCN(CC)S(=O)(=O)c1ccc(Cl)c(C(=O)Nc2ccc(NC(=O)c3cc(S(=O)(=O)N(CC)CC)ccc3Cl)c(Cl)c2)c1. The summed E-state index contributed by atoms with van der Waals surface area (Å²) in [6, 6.07) is 12.0. The van der Waals surface area contributed by atoms with Crippen LogP contribution in [0, 0.1) is 0 Å². The van der Waals surface area contributed by atoms with Gasteiger partial charge in [0.25, 0.3) is 11.8 Å². The Morgan fingerprint density at radius 3 is 1.42 bits per heavy atom. The first-order valence-corrected chi connectivity index (χ1v) is 17.2. The normalized spacial score (nSPS) is 12.0. The number of benzene rings is 3. The van der Waals surface area contributed by atoms with E-state index >= 15 is 0 Å². The van der Waals surface area contributed by atoms with Crippen LogP contribution in [0.5, 0.6) is 0 Å². The van der Waals surface area contributed by atoms with Crippen LogP contribution in [0.25, 0.3) is 0 Å². The summed E-state index contributed by atoms with van der Waals surface area (Å²) in [5.41, 5.74) is 0.282. The second-order valence-corrected chi connectivity index (χ2v) is 14.2. The smallest absolute Gasteiger partial charge is 0.257 e. The van der Waals surface area contributed by atoms with E-state index in [1.807, 2.05) is 0 Å². The van der Waals surface area contributed by atoms with E-state index in [0.29, 0.717) is 0 Å².